The number of carbonyl (C=O) groups is 2. The van der Waals surface area contributed by atoms with Crippen molar-refractivity contribution < 1.29 is 28.6 Å². The molecule has 142 valence electrons. The standard InChI is InChI=1S/C20H19F2NO4/c21-15-8-4-7-14(17(15)22)18(25)23-10-9-20(19(26)27,16(24)12-23)11-13-5-2-1-3-6-13/h1-8,16,24H,9-12H2,(H,26,27)/t16-,20+/m0/s1. The molecule has 0 unspecified atom stereocenters. The number of halogens is 2. The first kappa shape index (κ1) is 19.0. The van der Waals surface area contributed by atoms with Crippen LogP contribution in [0.5, 0.6) is 0 Å². The van der Waals surface area contributed by atoms with Gasteiger partial charge in [-0.1, -0.05) is 36.4 Å². The van der Waals surface area contributed by atoms with Crippen molar-refractivity contribution in [1.29, 1.82) is 0 Å². The van der Waals surface area contributed by atoms with Crippen molar-refractivity contribution in [2.75, 3.05) is 13.1 Å². The van der Waals surface area contributed by atoms with Crippen molar-refractivity contribution in [2.24, 2.45) is 5.41 Å². The number of piperidine rings is 1. The molecule has 2 aromatic rings. The number of aliphatic hydroxyl groups excluding tert-OH is 1. The van der Waals surface area contributed by atoms with Crippen molar-refractivity contribution in [1.82, 2.24) is 4.90 Å². The molecule has 3 rings (SSSR count). The molecule has 2 aromatic carbocycles. The summed E-state index contributed by atoms with van der Waals surface area (Å²) in [4.78, 5) is 25.6. The molecule has 1 aliphatic rings. The Balaban J connectivity index is 1.82. The minimum atomic E-state index is -1.45. The predicted molar refractivity (Wildman–Crippen MR) is 93.1 cm³/mol. The van der Waals surface area contributed by atoms with E-state index >= 15 is 0 Å². The van der Waals surface area contributed by atoms with Crippen LogP contribution in [0, 0.1) is 17.0 Å². The second-order valence-electron chi connectivity index (χ2n) is 6.74. The smallest absolute Gasteiger partial charge is 0.312 e. The molecular formula is C20H19F2NO4. The van der Waals surface area contributed by atoms with Gasteiger partial charge in [0.1, 0.15) is 5.41 Å². The van der Waals surface area contributed by atoms with Gasteiger partial charge >= 0.3 is 5.97 Å². The molecule has 0 aromatic heterocycles. The molecule has 1 fully saturated rings. The molecule has 1 aliphatic heterocycles. The highest BCUT2D eigenvalue weighted by Gasteiger charge is 2.49. The van der Waals surface area contributed by atoms with Crippen molar-refractivity contribution in [2.45, 2.75) is 18.9 Å². The fraction of sp³-hybridized carbons (Fsp3) is 0.300. The molecule has 0 spiro atoms. The van der Waals surface area contributed by atoms with Crippen LogP contribution >= 0.6 is 0 Å². The molecule has 0 saturated carbocycles. The lowest BCUT2D eigenvalue weighted by molar-refractivity contribution is -0.161. The maximum atomic E-state index is 13.9. The molecule has 7 heteroatoms. The maximum absolute atomic E-state index is 13.9. The highest BCUT2D eigenvalue weighted by Crippen LogP contribution is 2.36. The number of carbonyl (C=O) groups excluding carboxylic acids is 1. The monoisotopic (exact) mass is 375 g/mol. The van der Waals surface area contributed by atoms with E-state index in [9.17, 15) is 28.6 Å². The number of hydrogen-bond acceptors (Lipinski definition) is 3. The first-order valence-electron chi connectivity index (χ1n) is 8.54. The van der Waals surface area contributed by atoms with Crippen LogP contribution in [-0.4, -0.2) is 46.2 Å². The third-order valence-electron chi connectivity index (χ3n) is 5.12. The average molecular weight is 375 g/mol. The van der Waals surface area contributed by atoms with Gasteiger partial charge in [-0.25, -0.2) is 8.78 Å². The van der Waals surface area contributed by atoms with Gasteiger partial charge in [0.05, 0.1) is 11.7 Å². The summed E-state index contributed by atoms with van der Waals surface area (Å²) in [5.41, 5.74) is -1.12. The second kappa shape index (κ2) is 7.44. The van der Waals surface area contributed by atoms with Crippen LogP contribution in [0.4, 0.5) is 8.78 Å². The molecule has 2 N–H and O–H groups in total. The average Bonchev–Trinajstić information content (AvgIpc) is 2.65. The summed E-state index contributed by atoms with van der Waals surface area (Å²) in [5.74, 6) is -4.31. The minimum Gasteiger partial charge on any atom is -0.481 e. The number of nitrogens with zero attached hydrogens (tertiary/aromatic N) is 1. The number of aliphatic carboxylic acids is 1. The van der Waals surface area contributed by atoms with Crippen LogP contribution in [-0.2, 0) is 11.2 Å². The third-order valence-corrected chi connectivity index (χ3v) is 5.12. The van der Waals surface area contributed by atoms with Crippen LogP contribution in [0.15, 0.2) is 48.5 Å². The summed E-state index contributed by atoms with van der Waals surface area (Å²) in [6.45, 7) is -0.251. The quantitative estimate of drug-likeness (QED) is 0.861. The highest BCUT2D eigenvalue weighted by atomic mass is 19.2. The molecule has 1 amide bonds. The summed E-state index contributed by atoms with van der Waals surface area (Å²) in [5, 5.41) is 20.4. The number of hydrogen-bond donors (Lipinski definition) is 2. The Morgan fingerprint density at radius 3 is 2.44 bits per heavy atom. The van der Waals surface area contributed by atoms with E-state index in [0.29, 0.717) is 0 Å². The molecule has 0 radical (unpaired) electrons. The number of carboxylic acid groups (broad SMARTS) is 1. The van der Waals surface area contributed by atoms with E-state index in [0.717, 1.165) is 22.6 Å². The lowest BCUT2D eigenvalue weighted by Crippen LogP contribution is -2.57. The van der Waals surface area contributed by atoms with Gasteiger partial charge in [0, 0.05) is 13.1 Å². The fourth-order valence-electron chi connectivity index (χ4n) is 3.49. The number of amides is 1. The van der Waals surface area contributed by atoms with Crippen LogP contribution in [0.3, 0.4) is 0 Å². The molecule has 0 bridgehead atoms. The number of benzene rings is 2. The van der Waals surface area contributed by atoms with Gasteiger partial charge in [-0.2, -0.15) is 0 Å². The van der Waals surface area contributed by atoms with Gasteiger partial charge in [0.25, 0.3) is 5.91 Å². The van der Waals surface area contributed by atoms with Crippen LogP contribution < -0.4 is 0 Å². The molecule has 1 saturated heterocycles. The molecular weight excluding hydrogens is 356 g/mol. The Morgan fingerprint density at radius 2 is 1.81 bits per heavy atom. The van der Waals surface area contributed by atoms with Crippen molar-refractivity contribution >= 4 is 11.9 Å². The Hall–Kier alpha value is -2.80. The lowest BCUT2D eigenvalue weighted by atomic mass is 9.71. The number of likely N-dealkylation sites (tertiary alicyclic amines) is 1. The highest BCUT2D eigenvalue weighted by molar-refractivity contribution is 5.94. The summed E-state index contributed by atoms with van der Waals surface area (Å²) >= 11 is 0. The van der Waals surface area contributed by atoms with E-state index in [1.807, 2.05) is 6.07 Å². The van der Waals surface area contributed by atoms with Crippen LogP contribution in [0.1, 0.15) is 22.3 Å². The Bertz CT molecular complexity index is 858. The Kier molecular flexibility index (Phi) is 5.23. The van der Waals surface area contributed by atoms with Gasteiger partial charge < -0.3 is 15.1 Å². The van der Waals surface area contributed by atoms with E-state index in [4.69, 9.17) is 0 Å². The van der Waals surface area contributed by atoms with Gasteiger partial charge in [0.15, 0.2) is 11.6 Å². The molecule has 1 heterocycles. The number of β-amino-alcohol motifs (C(OH)–C–C–N with tert-alkyl or cyclic N) is 1. The van der Waals surface area contributed by atoms with E-state index in [2.05, 4.69) is 0 Å². The number of rotatable bonds is 4. The lowest BCUT2D eigenvalue weighted by Gasteiger charge is -2.43. The van der Waals surface area contributed by atoms with Crippen molar-refractivity contribution in [3.63, 3.8) is 0 Å². The van der Waals surface area contributed by atoms with Crippen molar-refractivity contribution in [3.05, 3.63) is 71.3 Å². The van der Waals surface area contributed by atoms with Gasteiger partial charge in [-0.3, -0.25) is 9.59 Å². The Labute approximate surface area is 154 Å². The van der Waals surface area contributed by atoms with Crippen molar-refractivity contribution in [3.8, 4) is 0 Å². The topological polar surface area (TPSA) is 77.8 Å². The number of carboxylic acids is 1. The van der Waals surface area contributed by atoms with E-state index in [1.165, 1.54) is 6.07 Å². The zero-order valence-corrected chi connectivity index (χ0v) is 14.4. The molecule has 5 nitrogen and oxygen atoms in total. The summed E-state index contributed by atoms with van der Waals surface area (Å²) in [6, 6.07) is 12.2. The molecule has 2 atom stereocenters. The van der Waals surface area contributed by atoms with Gasteiger partial charge in [-0.05, 0) is 30.5 Å². The summed E-state index contributed by atoms with van der Waals surface area (Å²) in [7, 11) is 0. The third kappa shape index (κ3) is 3.55. The van der Waals surface area contributed by atoms with E-state index < -0.39 is 40.6 Å². The van der Waals surface area contributed by atoms with Gasteiger partial charge in [0.2, 0.25) is 0 Å². The molecule has 0 aliphatic carbocycles. The summed E-state index contributed by atoms with van der Waals surface area (Å²) < 4.78 is 27.3. The van der Waals surface area contributed by atoms with Gasteiger partial charge in [-0.15, -0.1) is 0 Å². The van der Waals surface area contributed by atoms with Crippen LogP contribution in [0.25, 0.3) is 0 Å². The van der Waals surface area contributed by atoms with E-state index in [1.54, 1.807) is 24.3 Å². The van der Waals surface area contributed by atoms with E-state index in [-0.39, 0.29) is 25.9 Å². The largest absolute Gasteiger partial charge is 0.481 e. The zero-order chi connectivity index (χ0) is 19.6. The normalized spacial score (nSPS) is 22.5. The first-order valence-corrected chi connectivity index (χ1v) is 8.54. The maximum Gasteiger partial charge on any atom is 0.312 e. The fourth-order valence-corrected chi connectivity index (χ4v) is 3.49. The van der Waals surface area contributed by atoms with Crippen LogP contribution in [0.2, 0.25) is 0 Å². The molecule has 27 heavy (non-hydrogen) atoms. The SMILES string of the molecule is O=C(c1cccc(F)c1F)N1CC[C@](Cc2ccccc2)(C(=O)O)[C@@H](O)C1. The second-order valence-corrected chi connectivity index (χ2v) is 6.74. The summed E-state index contributed by atoms with van der Waals surface area (Å²) in [6.07, 6.45) is -1.23. The zero-order valence-electron chi connectivity index (χ0n) is 14.4. The first-order chi connectivity index (χ1) is 12.8. The minimum absolute atomic E-state index is 0.00106. The predicted octanol–water partition coefficient (Wildman–Crippen LogP) is 2.49. The number of aliphatic hydroxyl groups is 1. The Morgan fingerprint density at radius 1 is 1.11 bits per heavy atom.